The van der Waals surface area contributed by atoms with E-state index in [-0.39, 0.29) is 76.7 Å². The number of unbranched alkanes of at least 4 members (excludes halogenated alkanes) is 2. The van der Waals surface area contributed by atoms with Gasteiger partial charge in [0.1, 0.15) is 55.5 Å². The summed E-state index contributed by atoms with van der Waals surface area (Å²) in [6.45, 7) is 1.86. The van der Waals surface area contributed by atoms with Crippen molar-refractivity contribution in [2.45, 2.75) is 114 Å². The molecular formula is C50H88N20O21. The predicted octanol–water partition coefficient (Wildman–Crippen LogP) is -2.74. The molecule has 24 N–H and O–H groups in total. The number of hydrogen-bond acceptors (Lipinski definition) is 29. The maximum absolute atomic E-state index is 11.9. The van der Waals surface area contributed by atoms with E-state index in [0.717, 1.165) is 11.1 Å². The van der Waals surface area contributed by atoms with Crippen molar-refractivity contribution in [2.24, 2.45) is 88.8 Å². The minimum Gasteiger partial charge on any atom is -0.465 e. The smallest absolute Gasteiger partial charge is 0.328 e. The first-order valence-electron chi connectivity index (χ1n) is 28.0. The highest BCUT2D eigenvalue weighted by molar-refractivity contribution is 5.79. The largest absolute Gasteiger partial charge is 0.465 e. The van der Waals surface area contributed by atoms with Crippen molar-refractivity contribution in [2.75, 3.05) is 79.0 Å². The van der Waals surface area contributed by atoms with Crippen molar-refractivity contribution in [3.8, 4) is 11.5 Å². The molecule has 0 aliphatic carbocycles. The number of guanidine groups is 4. The lowest BCUT2D eigenvalue weighted by Gasteiger charge is -2.11. The minimum absolute atomic E-state index is 0.00109. The first-order chi connectivity index (χ1) is 43.1. The van der Waals surface area contributed by atoms with E-state index in [4.69, 9.17) is 92.5 Å². The fourth-order valence-electron chi connectivity index (χ4n) is 6.42. The van der Waals surface area contributed by atoms with E-state index in [9.17, 15) is 59.6 Å². The number of aryl methyl sites for hydroxylation is 1. The van der Waals surface area contributed by atoms with Crippen LogP contribution in [0.1, 0.15) is 88.2 Å². The number of hydrogen-bond donors (Lipinski definition) is 12. The van der Waals surface area contributed by atoms with Gasteiger partial charge in [0.15, 0.2) is 23.8 Å². The summed E-state index contributed by atoms with van der Waals surface area (Å²) < 4.78 is 25.2. The molecular weight excluding hydrogens is 1220 g/mol. The van der Waals surface area contributed by atoms with Crippen LogP contribution in [0.25, 0.3) is 0 Å². The second-order valence-corrected chi connectivity index (χ2v) is 18.4. The zero-order valence-corrected chi connectivity index (χ0v) is 50.4. The SMILES string of the molecule is NC(N)=NCCCC(N)C(=O)OCCCCCO[N+](=O)[O-].NC(N)=NCCCC(N)C(=O)OCCOCCO[N+](=O)[O-].NC(N)=NCCCC(N)C(=O)Oc1ccc(CCCO[N+](=O)[O-])cc1.NC(N)=NCCCC(N)C(=O)Oc1ccc(CCO[N+](=O)[O-])cc1. The Labute approximate surface area is 522 Å². The van der Waals surface area contributed by atoms with E-state index < -0.39 is 68.4 Å². The molecule has 0 aliphatic heterocycles. The van der Waals surface area contributed by atoms with Gasteiger partial charge in [-0.05, 0) is 125 Å². The van der Waals surface area contributed by atoms with Crippen LogP contribution in [-0.2, 0) is 65.6 Å². The van der Waals surface area contributed by atoms with Crippen LogP contribution in [-0.4, -0.2) is 171 Å². The Bertz CT molecular complexity index is 2450. The van der Waals surface area contributed by atoms with Gasteiger partial charge in [-0.25, -0.2) is 9.59 Å². The minimum atomic E-state index is -0.912. The molecule has 4 atom stereocenters. The van der Waals surface area contributed by atoms with Gasteiger partial charge in [0, 0.05) is 26.2 Å². The third-order valence-electron chi connectivity index (χ3n) is 10.9. The lowest BCUT2D eigenvalue weighted by atomic mass is 10.1. The summed E-state index contributed by atoms with van der Waals surface area (Å²) in [6.07, 6.45) is 7.22. The van der Waals surface area contributed by atoms with Crippen LogP contribution >= 0.6 is 0 Å². The first kappa shape index (κ1) is 83.1. The monoisotopic (exact) mass is 1300 g/mol. The highest BCUT2D eigenvalue weighted by Crippen LogP contribution is 2.16. The topological polar surface area (TPSA) is 686 Å². The van der Waals surface area contributed by atoms with Crippen molar-refractivity contribution in [3.63, 3.8) is 0 Å². The van der Waals surface area contributed by atoms with Gasteiger partial charge in [-0.3, -0.25) is 29.6 Å². The summed E-state index contributed by atoms with van der Waals surface area (Å²) in [6, 6.07) is 10.4. The van der Waals surface area contributed by atoms with Crippen molar-refractivity contribution >= 4 is 47.7 Å². The van der Waals surface area contributed by atoms with Crippen molar-refractivity contribution in [3.05, 3.63) is 100 Å². The Kier molecular flexibility index (Phi) is 48.4. The van der Waals surface area contributed by atoms with Gasteiger partial charge in [-0.15, -0.1) is 40.5 Å². The average Bonchev–Trinajstić information content (AvgIpc) is 3.25. The van der Waals surface area contributed by atoms with E-state index in [0.29, 0.717) is 128 Å². The molecule has 0 bridgehead atoms. The molecule has 2 aromatic carbocycles. The Morgan fingerprint density at radius 2 is 0.670 bits per heavy atom. The van der Waals surface area contributed by atoms with Crippen LogP contribution in [0, 0.1) is 40.5 Å². The summed E-state index contributed by atoms with van der Waals surface area (Å²) >= 11 is 0. The summed E-state index contributed by atoms with van der Waals surface area (Å²) in [4.78, 5) is 118. The van der Waals surface area contributed by atoms with E-state index in [2.05, 4.69) is 39.3 Å². The molecule has 0 aromatic heterocycles. The molecule has 4 unspecified atom stereocenters. The number of esters is 4. The number of benzene rings is 2. The lowest BCUT2D eigenvalue weighted by Crippen LogP contribution is -2.34. The number of nitrogens with two attached hydrogens (primary N) is 12. The Morgan fingerprint density at radius 1 is 0.363 bits per heavy atom. The average molecular weight is 1310 g/mol. The lowest BCUT2D eigenvalue weighted by molar-refractivity contribution is -0.758. The molecule has 0 aliphatic rings. The molecule has 0 radical (unpaired) electrons. The molecule has 2 aromatic rings. The number of ether oxygens (including phenoxy) is 5. The standard InChI is InChI=1S/C15H23N5O5.C14H21N5O5.C11H23N5O5.C10H21N5O6/c16-13(4-1-9-19-15(17)18)14(21)25-12-7-5-11(6-8-12)3-2-10-24-20(22)23;15-12(2-1-8-18-14(16)17)13(20)24-11-5-3-10(4-6-11)7-9-23-19(21)22;12-9(5-4-6-15-11(13)14)10(17)20-7-2-1-3-8-21-16(18)19;11-8(2-1-3-14-10(12)13)9(16)20-6-4-19-5-7-21-15(17)18/h5-8,13H,1-4,9-10,16H2,(H4,17,18,19);3-6,12H,1-2,7-9,15H2,(H4,16,17,18);9H,1-8,12H2,(H4,13,14,15);8H,1-7,11H2,(H4,12,13,14). The Balaban J connectivity index is 0. The Morgan fingerprint density at radius 3 is 1.04 bits per heavy atom. The highest BCUT2D eigenvalue weighted by atomic mass is 17.0. The van der Waals surface area contributed by atoms with Crippen LogP contribution < -0.4 is 78.3 Å². The van der Waals surface area contributed by atoms with Crippen molar-refractivity contribution < 1.29 is 82.6 Å². The van der Waals surface area contributed by atoms with Gasteiger partial charge in [-0.2, -0.15) is 0 Å². The molecule has 514 valence electrons. The second kappa shape index (κ2) is 53.1. The van der Waals surface area contributed by atoms with E-state index in [1.807, 2.05) is 0 Å². The maximum Gasteiger partial charge on any atom is 0.328 e. The van der Waals surface area contributed by atoms with E-state index in [1.54, 1.807) is 48.5 Å². The fraction of sp³-hybridized carbons (Fsp3) is 0.600. The molecule has 2 rings (SSSR count). The summed E-state index contributed by atoms with van der Waals surface area (Å²) in [5, 5.41) is 36.4. The molecule has 0 fully saturated rings. The third-order valence-corrected chi connectivity index (χ3v) is 10.9. The number of carbonyl (C=O) groups is 4. The zero-order chi connectivity index (χ0) is 68.8. The molecule has 0 amide bonds. The number of nitrogens with zero attached hydrogens (tertiary/aromatic N) is 8. The van der Waals surface area contributed by atoms with Gasteiger partial charge in [0.05, 0.1) is 33.0 Å². The molecule has 0 heterocycles. The summed E-state index contributed by atoms with van der Waals surface area (Å²) in [5.41, 5.74) is 65.9. The fourth-order valence-corrected chi connectivity index (χ4v) is 6.42. The normalized spacial score (nSPS) is 11.4. The zero-order valence-electron chi connectivity index (χ0n) is 50.4. The van der Waals surface area contributed by atoms with Crippen LogP contribution in [0.15, 0.2) is 68.5 Å². The van der Waals surface area contributed by atoms with Crippen LogP contribution in [0.3, 0.4) is 0 Å². The molecule has 0 spiro atoms. The quantitative estimate of drug-likeness (QED) is 0.00609. The molecule has 41 nitrogen and oxygen atoms in total. The number of rotatable bonds is 45. The van der Waals surface area contributed by atoms with Gasteiger partial charge < -0.3 is 112 Å². The molecule has 0 saturated carbocycles. The van der Waals surface area contributed by atoms with Crippen LogP contribution in [0.5, 0.6) is 11.5 Å². The van der Waals surface area contributed by atoms with Crippen LogP contribution in [0.4, 0.5) is 0 Å². The van der Waals surface area contributed by atoms with E-state index in [1.165, 1.54) is 0 Å². The van der Waals surface area contributed by atoms with Gasteiger partial charge in [0.2, 0.25) is 0 Å². The number of aliphatic imine (C=N–C) groups is 4. The van der Waals surface area contributed by atoms with E-state index >= 15 is 0 Å². The molecule has 91 heavy (non-hydrogen) atoms. The number of carbonyl (C=O) groups excluding carboxylic acids is 4. The summed E-state index contributed by atoms with van der Waals surface area (Å²) in [5.74, 6) is -1.38. The maximum atomic E-state index is 11.9. The third kappa shape index (κ3) is 53.9. The first-order valence-corrected chi connectivity index (χ1v) is 28.0. The van der Waals surface area contributed by atoms with Crippen LogP contribution in [0.2, 0.25) is 0 Å². The predicted molar refractivity (Wildman–Crippen MR) is 326 cm³/mol. The Hall–Kier alpha value is -10.0. The van der Waals surface area contributed by atoms with Gasteiger partial charge >= 0.3 is 23.9 Å². The molecule has 41 heteroatoms. The van der Waals surface area contributed by atoms with Gasteiger partial charge in [0.25, 0.3) is 20.3 Å². The summed E-state index contributed by atoms with van der Waals surface area (Å²) in [7, 11) is 0. The van der Waals surface area contributed by atoms with Gasteiger partial charge in [-0.1, -0.05) is 24.3 Å². The molecule has 0 saturated heterocycles. The highest BCUT2D eigenvalue weighted by Gasteiger charge is 2.18. The van der Waals surface area contributed by atoms with Crippen molar-refractivity contribution in [1.29, 1.82) is 0 Å². The second-order valence-electron chi connectivity index (χ2n) is 18.4. The van der Waals surface area contributed by atoms with Crippen molar-refractivity contribution in [1.82, 2.24) is 0 Å².